The first kappa shape index (κ1) is 26.4. The number of aromatic carboxylic acids is 2. The summed E-state index contributed by atoms with van der Waals surface area (Å²) < 4.78 is 0. The third-order valence-electron chi connectivity index (χ3n) is 3.09. The molecule has 10 nitrogen and oxygen atoms in total. The molecule has 0 saturated carbocycles. The van der Waals surface area contributed by atoms with E-state index in [1.807, 2.05) is 0 Å². The Morgan fingerprint density at radius 3 is 1.07 bits per heavy atom. The summed E-state index contributed by atoms with van der Waals surface area (Å²) in [4.78, 5) is 30.3. The Morgan fingerprint density at radius 1 is 0.778 bits per heavy atom. The minimum Gasteiger partial charge on any atom is -0.478 e. The van der Waals surface area contributed by atoms with Crippen molar-refractivity contribution >= 4 is 17.9 Å². The summed E-state index contributed by atoms with van der Waals surface area (Å²) >= 11 is 0. The van der Waals surface area contributed by atoms with E-state index in [0.29, 0.717) is 0 Å². The summed E-state index contributed by atoms with van der Waals surface area (Å²) in [5, 5.41) is 58.8. The van der Waals surface area contributed by atoms with Gasteiger partial charge in [0.25, 0.3) is 0 Å². The average Bonchev–Trinajstić information content (AvgIpc) is 2.65. The van der Waals surface area contributed by atoms with Gasteiger partial charge >= 0.3 is 17.9 Å². The van der Waals surface area contributed by atoms with Gasteiger partial charge in [-0.05, 0) is 31.2 Å². The molecule has 1 aromatic rings. The van der Waals surface area contributed by atoms with E-state index in [1.54, 1.807) is 0 Å². The zero-order chi connectivity index (χ0) is 21.6. The molecule has 7 N–H and O–H groups in total. The standard InChI is InChI=1S/C8H6O4.C5H12O4.C4H6O2/c9-7(10)5-1-2-6(4-3-5)8(11)12;6-1-5(2-7,3-8)4-9;1-3(2)4(5)6/h1-4H,(H,9,10)(H,11,12);6-9H,1-4H2;1H2,2H3,(H,5,6). The molecule has 0 unspecified atom stereocenters. The Bertz CT molecular complexity index is 555. The predicted octanol–water partition coefficient (Wildman–Crippen LogP) is -0.328. The van der Waals surface area contributed by atoms with Crippen LogP contribution < -0.4 is 0 Å². The van der Waals surface area contributed by atoms with Crippen molar-refractivity contribution in [3.63, 3.8) is 0 Å². The molecule has 0 atom stereocenters. The SMILES string of the molecule is C=C(C)C(=O)O.O=C(O)c1ccc(C(=O)O)cc1.OCC(CO)(CO)CO. The second-order valence-corrected chi connectivity index (χ2v) is 5.41. The van der Waals surface area contributed by atoms with E-state index in [2.05, 4.69) is 6.58 Å². The Kier molecular flexibility index (Phi) is 13.1. The largest absolute Gasteiger partial charge is 0.478 e. The lowest BCUT2D eigenvalue weighted by Gasteiger charge is -2.23. The fourth-order valence-electron chi connectivity index (χ4n) is 1.06. The highest BCUT2D eigenvalue weighted by Gasteiger charge is 2.26. The topological polar surface area (TPSA) is 193 Å². The molecule has 0 amide bonds. The second-order valence-electron chi connectivity index (χ2n) is 5.41. The molecule has 0 fully saturated rings. The summed E-state index contributed by atoms with van der Waals surface area (Å²) in [6.07, 6.45) is 0. The smallest absolute Gasteiger partial charge is 0.335 e. The van der Waals surface area contributed by atoms with Crippen molar-refractivity contribution in [2.45, 2.75) is 6.92 Å². The number of carbonyl (C=O) groups is 3. The quantitative estimate of drug-likeness (QED) is 0.304. The summed E-state index contributed by atoms with van der Waals surface area (Å²) in [5.41, 5.74) is -0.769. The molecule has 0 aromatic heterocycles. The van der Waals surface area contributed by atoms with E-state index in [0.717, 1.165) is 0 Å². The second kappa shape index (κ2) is 13.4. The molecule has 152 valence electrons. The minimum atomic E-state index is -1.11. The van der Waals surface area contributed by atoms with Crippen LogP contribution in [-0.2, 0) is 4.79 Å². The van der Waals surface area contributed by atoms with E-state index in [4.69, 9.17) is 35.7 Å². The van der Waals surface area contributed by atoms with Crippen LogP contribution in [0.25, 0.3) is 0 Å². The predicted molar refractivity (Wildman–Crippen MR) is 93.6 cm³/mol. The van der Waals surface area contributed by atoms with E-state index in [1.165, 1.54) is 31.2 Å². The summed E-state index contributed by atoms with van der Waals surface area (Å²) in [6, 6.07) is 5.02. The highest BCUT2D eigenvalue weighted by Crippen LogP contribution is 2.11. The highest BCUT2D eigenvalue weighted by atomic mass is 16.4. The van der Waals surface area contributed by atoms with Crippen molar-refractivity contribution in [2.75, 3.05) is 26.4 Å². The number of carboxylic acid groups (broad SMARTS) is 3. The van der Waals surface area contributed by atoms with Gasteiger partial charge in [-0.2, -0.15) is 0 Å². The van der Waals surface area contributed by atoms with Crippen molar-refractivity contribution < 1.29 is 50.1 Å². The van der Waals surface area contributed by atoms with Crippen molar-refractivity contribution in [3.8, 4) is 0 Å². The Labute approximate surface area is 155 Å². The van der Waals surface area contributed by atoms with Gasteiger partial charge in [0.05, 0.1) is 43.0 Å². The monoisotopic (exact) mass is 388 g/mol. The molecule has 0 aliphatic rings. The third-order valence-corrected chi connectivity index (χ3v) is 3.09. The molecule has 0 heterocycles. The first-order valence-electron chi connectivity index (χ1n) is 7.39. The molecule has 1 rings (SSSR count). The van der Waals surface area contributed by atoms with Crippen molar-refractivity contribution in [1.29, 1.82) is 0 Å². The number of hydrogen-bond acceptors (Lipinski definition) is 7. The number of aliphatic hydroxyl groups is 4. The van der Waals surface area contributed by atoms with Crippen LogP contribution in [0.1, 0.15) is 27.6 Å². The lowest BCUT2D eigenvalue weighted by atomic mass is 9.93. The molecule has 0 saturated heterocycles. The molecule has 0 bridgehead atoms. The summed E-state index contributed by atoms with van der Waals surface area (Å²) in [6.45, 7) is 2.98. The maximum atomic E-state index is 10.3. The molecule has 1 aromatic carbocycles. The summed E-state index contributed by atoms with van der Waals surface area (Å²) in [5.74, 6) is -3.06. The maximum Gasteiger partial charge on any atom is 0.335 e. The average molecular weight is 388 g/mol. The van der Waals surface area contributed by atoms with Gasteiger partial charge in [-0.3, -0.25) is 0 Å². The van der Waals surface area contributed by atoms with Crippen LogP contribution in [0.3, 0.4) is 0 Å². The van der Waals surface area contributed by atoms with Crippen LogP contribution in [-0.4, -0.2) is 80.1 Å². The zero-order valence-corrected chi connectivity index (χ0v) is 14.7. The van der Waals surface area contributed by atoms with Crippen molar-refractivity contribution in [2.24, 2.45) is 5.41 Å². The highest BCUT2D eigenvalue weighted by molar-refractivity contribution is 5.91. The van der Waals surface area contributed by atoms with Gasteiger partial charge < -0.3 is 35.7 Å². The minimum absolute atomic E-state index is 0.0833. The number of hydrogen-bond donors (Lipinski definition) is 7. The lowest BCUT2D eigenvalue weighted by molar-refractivity contribution is -0.132. The summed E-state index contributed by atoms with van der Waals surface area (Å²) in [7, 11) is 0. The third kappa shape index (κ3) is 10.7. The molecule has 10 heteroatoms. The zero-order valence-electron chi connectivity index (χ0n) is 14.7. The van der Waals surface area contributed by atoms with Crippen LogP contribution in [0, 0.1) is 5.41 Å². The van der Waals surface area contributed by atoms with Crippen molar-refractivity contribution in [1.82, 2.24) is 0 Å². The Balaban J connectivity index is 0. The molecule has 0 aliphatic carbocycles. The van der Waals surface area contributed by atoms with Crippen LogP contribution in [0.4, 0.5) is 0 Å². The fraction of sp³-hybridized carbons (Fsp3) is 0.353. The number of rotatable bonds is 7. The van der Waals surface area contributed by atoms with Crippen LogP contribution in [0.15, 0.2) is 36.4 Å². The molecule has 0 spiro atoms. The van der Waals surface area contributed by atoms with Crippen molar-refractivity contribution in [3.05, 3.63) is 47.5 Å². The van der Waals surface area contributed by atoms with Gasteiger partial charge in [-0.25, -0.2) is 14.4 Å². The van der Waals surface area contributed by atoms with Crippen LogP contribution >= 0.6 is 0 Å². The first-order valence-corrected chi connectivity index (χ1v) is 7.39. The van der Waals surface area contributed by atoms with E-state index in [9.17, 15) is 14.4 Å². The van der Waals surface area contributed by atoms with E-state index >= 15 is 0 Å². The van der Waals surface area contributed by atoms with E-state index < -0.39 is 49.8 Å². The van der Waals surface area contributed by atoms with Crippen LogP contribution in [0.5, 0.6) is 0 Å². The number of aliphatic carboxylic acids is 1. The molecule has 0 radical (unpaired) electrons. The lowest BCUT2D eigenvalue weighted by Crippen LogP contribution is -2.37. The first-order chi connectivity index (χ1) is 12.5. The Hall–Kier alpha value is -2.79. The van der Waals surface area contributed by atoms with Gasteiger partial charge in [0.1, 0.15) is 0 Å². The van der Waals surface area contributed by atoms with Gasteiger partial charge in [0.2, 0.25) is 0 Å². The number of aliphatic hydroxyl groups excluding tert-OH is 4. The Morgan fingerprint density at radius 2 is 1.00 bits per heavy atom. The van der Waals surface area contributed by atoms with Gasteiger partial charge in [-0.15, -0.1) is 0 Å². The maximum absolute atomic E-state index is 10.3. The molecule has 0 aliphatic heterocycles. The normalized spacial score (nSPS) is 9.81. The molecule has 27 heavy (non-hydrogen) atoms. The van der Waals surface area contributed by atoms with E-state index in [-0.39, 0.29) is 16.7 Å². The van der Waals surface area contributed by atoms with Gasteiger partial charge in [-0.1, -0.05) is 6.58 Å². The molecular formula is C17H24O10. The van der Waals surface area contributed by atoms with Crippen LogP contribution in [0.2, 0.25) is 0 Å². The molecular weight excluding hydrogens is 364 g/mol. The number of carboxylic acids is 3. The van der Waals surface area contributed by atoms with Gasteiger partial charge in [0.15, 0.2) is 0 Å². The van der Waals surface area contributed by atoms with Gasteiger partial charge in [0, 0.05) is 5.57 Å². The fourth-order valence-corrected chi connectivity index (χ4v) is 1.06. The number of benzene rings is 1.